The predicted octanol–water partition coefficient (Wildman–Crippen LogP) is 5.09. The van der Waals surface area contributed by atoms with Gasteiger partial charge in [0.05, 0.1) is 28.9 Å². The molecule has 5 rings (SSSR count). The van der Waals surface area contributed by atoms with Crippen LogP contribution in [0.5, 0.6) is 5.75 Å². The van der Waals surface area contributed by atoms with Crippen LogP contribution >= 0.6 is 0 Å². The number of anilines is 3. The average Bonchev–Trinajstić information content (AvgIpc) is 3.40. The van der Waals surface area contributed by atoms with E-state index in [0.717, 1.165) is 53.7 Å². The number of nitrogens with zero attached hydrogens (tertiary/aromatic N) is 7. The molecule has 2 aromatic heterocycles. The fraction of sp³-hybridized carbons (Fsp3) is 0.344. The molecule has 3 heterocycles. The van der Waals surface area contributed by atoms with Crippen molar-refractivity contribution in [1.82, 2.24) is 19.4 Å². The van der Waals surface area contributed by atoms with Gasteiger partial charge in [0.2, 0.25) is 5.95 Å². The molecular formula is C32H39N9O3. The number of benzene rings is 2. The molecule has 0 spiro atoms. The van der Waals surface area contributed by atoms with Crippen molar-refractivity contribution in [3.63, 3.8) is 0 Å². The quantitative estimate of drug-likeness (QED) is 0.137. The fourth-order valence-electron chi connectivity index (χ4n) is 5.68. The summed E-state index contributed by atoms with van der Waals surface area (Å²) < 4.78 is 7.97. The molecule has 0 radical (unpaired) electrons. The van der Waals surface area contributed by atoms with Crippen molar-refractivity contribution in [3.05, 3.63) is 70.2 Å². The van der Waals surface area contributed by atoms with E-state index in [4.69, 9.17) is 15.5 Å². The van der Waals surface area contributed by atoms with Crippen LogP contribution in [-0.2, 0) is 13.0 Å². The largest absolute Gasteiger partial charge is 0.494 e. The van der Waals surface area contributed by atoms with Crippen molar-refractivity contribution < 1.29 is 9.66 Å². The summed E-state index contributed by atoms with van der Waals surface area (Å²) in [4.78, 5) is 29.6. The molecule has 0 unspecified atom stereocenters. The monoisotopic (exact) mass is 597 g/mol. The Bertz CT molecular complexity index is 1770. The van der Waals surface area contributed by atoms with Gasteiger partial charge in [0.1, 0.15) is 11.4 Å². The molecular weight excluding hydrogens is 558 g/mol. The van der Waals surface area contributed by atoms with Gasteiger partial charge in [-0.15, -0.1) is 0 Å². The van der Waals surface area contributed by atoms with Crippen molar-refractivity contribution in [2.24, 2.45) is 10.7 Å². The van der Waals surface area contributed by atoms with Crippen molar-refractivity contribution >= 4 is 45.2 Å². The summed E-state index contributed by atoms with van der Waals surface area (Å²) in [6.45, 7) is 4.15. The number of hydrogen-bond acceptors (Lipinski definition) is 10. The lowest BCUT2D eigenvalue weighted by molar-refractivity contribution is -0.384. The molecule has 1 aliphatic heterocycles. The minimum Gasteiger partial charge on any atom is -0.494 e. The number of nitro groups is 1. The number of para-hydroxylation sites is 1. The molecule has 2 aromatic carbocycles. The molecule has 3 N–H and O–H groups in total. The zero-order valence-electron chi connectivity index (χ0n) is 26.1. The van der Waals surface area contributed by atoms with Crippen molar-refractivity contribution in [2.75, 3.05) is 58.6 Å². The smallest absolute Gasteiger partial charge is 0.294 e. The summed E-state index contributed by atoms with van der Waals surface area (Å²) in [6, 6.07) is 9.51. The molecule has 12 nitrogen and oxygen atoms in total. The number of aromatic nitrogens is 3. The molecule has 1 aliphatic rings. The first-order valence-corrected chi connectivity index (χ1v) is 14.5. The normalized spacial score (nSPS) is 13.4. The number of likely N-dealkylation sites (N-methyl/N-ethyl adjacent to an activating group) is 2. The molecule has 0 saturated heterocycles. The highest BCUT2D eigenvalue weighted by atomic mass is 16.6. The summed E-state index contributed by atoms with van der Waals surface area (Å²) in [7, 11) is 9.00. The number of aliphatic imine (C=N–C) groups is 1. The molecule has 0 aliphatic carbocycles. The molecule has 230 valence electrons. The van der Waals surface area contributed by atoms with Gasteiger partial charge in [-0.05, 0) is 39.4 Å². The number of methoxy groups -OCH3 is 1. The zero-order chi connectivity index (χ0) is 31.5. The van der Waals surface area contributed by atoms with Gasteiger partial charge in [-0.1, -0.05) is 18.2 Å². The van der Waals surface area contributed by atoms with Crippen LogP contribution in [0.15, 0.2) is 53.9 Å². The summed E-state index contributed by atoms with van der Waals surface area (Å²) in [5, 5.41) is 16.5. The first-order chi connectivity index (χ1) is 21.2. The third-order valence-electron chi connectivity index (χ3n) is 8.09. The SMILES string of the molecule is CN=C(C)C(=CN)c1cnc(Nc2cc([N+](=O)[O-])c(N(C)CCN(C)C)cc2OC)nc1-c1cn2c3c(cccc13)CCC2. The third kappa shape index (κ3) is 5.80. The second-order valence-electron chi connectivity index (χ2n) is 11.1. The average molecular weight is 598 g/mol. The van der Waals surface area contributed by atoms with Gasteiger partial charge in [-0.3, -0.25) is 15.1 Å². The van der Waals surface area contributed by atoms with Crippen LogP contribution in [0.25, 0.3) is 27.7 Å². The number of allylic oxidation sites excluding steroid dienone is 1. The van der Waals surface area contributed by atoms with E-state index < -0.39 is 0 Å². The Morgan fingerprint density at radius 1 is 1.27 bits per heavy atom. The Hall–Kier alpha value is -4.97. The van der Waals surface area contributed by atoms with Crippen LogP contribution in [0, 0.1) is 10.1 Å². The molecule has 4 aromatic rings. The van der Waals surface area contributed by atoms with Crippen LogP contribution < -0.4 is 20.7 Å². The number of rotatable bonds is 11. The van der Waals surface area contributed by atoms with E-state index in [-0.39, 0.29) is 16.6 Å². The summed E-state index contributed by atoms with van der Waals surface area (Å²) >= 11 is 0. The van der Waals surface area contributed by atoms with Gasteiger partial charge < -0.3 is 30.2 Å². The lowest BCUT2D eigenvalue weighted by atomic mass is 9.97. The van der Waals surface area contributed by atoms with Gasteiger partial charge >= 0.3 is 0 Å². The third-order valence-corrected chi connectivity index (χ3v) is 8.09. The van der Waals surface area contributed by atoms with Gasteiger partial charge in [-0.2, -0.15) is 0 Å². The first kappa shape index (κ1) is 30.5. The Kier molecular flexibility index (Phi) is 8.81. The van der Waals surface area contributed by atoms with E-state index >= 15 is 0 Å². The Balaban J connectivity index is 1.64. The topological polar surface area (TPSA) is 140 Å². The van der Waals surface area contributed by atoms with Crippen molar-refractivity contribution in [2.45, 2.75) is 26.3 Å². The molecule has 0 bridgehead atoms. The van der Waals surface area contributed by atoms with E-state index in [1.165, 1.54) is 30.5 Å². The molecule has 0 amide bonds. The van der Waals surface area contributed by atoms with Crippen molar-refractivity contribution in [1.29, 1.82) is 0 Å². The highest BCUT2D eigenvalue weighted by Gasteiger charge is 2.25. The van der Waals surface area contributed by atoms with Crippen LogP contribution in [0.4, 0.5) is 23.0 Å². The minimum atomic E-state index is -0.388. The number of nitro benzene ring substituents is 1. The Morgan fingerprint density at radius 3 is 2.75 bits per heavy atom. The maximum absolute atomic E-state index is 12.2. The highest BCUT2D eigenvalue weighted by molar-refractivity contribution is 6.24. The fourth-order valence-corrected chi connectivity index (χ4v) is 5.68. The molecule has 0 atom stereocenters. The summed E-state index contributed by atoms with van der Waals surface area (Å²) in [5.74, 6) is 0.694. The minimum absolute atomic E-state index is 0.0523. The maximum Gasteiger partial charge on any atom is 0.294 e. The number of ether oxygens (including phenoxy) is 1. The van der Waals surface area contributed by atoms with Crippen LogP contribution in [0.1, 0.15) is 24.5 Å². The van der Waals surface area contributed by atoms with Crippen LogP contribution in [0.3, 0.4) is 0 Å². The zero-order valence-corrected chi connectivity index (χ0v) is 26.1. The first-order valence-electron chi connectivity index (χ1n) is 14.5. The van der Waals surface area contributed by atoms with Crippen LogP contribution in [-0.4, -0.2) is 78.5 Å². The Labute approximate surface area is 257 Å². The summed E-state index contributed by atoms with van der Waals surface area (Å²) in [5.41, 5.74) is 13.3. The lowest BCUT2D eigenvalue weighted by Gasteiger charge is -2.23. The number of nitrogens with two attached hydrogens (primary N) is 1. The van der Waals surface area contributed by atoms with Crippen LogP contribution in [0.2, 0.25) is 0 Å². The lowest BCUT2D eigenvalue weighted by Crippen LogP contribution is -2.28. The van der Waals surface area contributed by atoms with E-state index in [9.17, 15) is 10.1 Å². The molecule has 12 heteroatoms. The highest BCUT2D eigenvalue weighted by Crippen LogP contribution is 2.41. The number of hydrogen-bond donors (Lipinski definition) is 2. The van der Waals surface area contributed by atoms with E-state index in [1.54, 1.807) is 19.3 Å². The second kappa shape index (κ2) is 12.7. The molecule has 0 fully saturated rings. The Morgan fingerprint density at radius 2 is 2.07 bits per heavy atom. The second-order valence-corrected chi connectivity index (χ2v) is 11.1. The predicted molar refractivity (Wildman–Crippen MR) is 177 cm³/mol. The van der Waals surface area contributed by atoms with Crippen molar-refractivity contribution in [3.8, 4) is 17.0 Å². The molecule has 0 saturated carbocycles. The standard InChI is InChI=1S/C32H39N9O3/c1-20(34-2)23(17-33)24-18-35-32(37-30(24)25-19-40-12-8-10-21-9-7-11-22(25)31(21)40)36-26-15-28(41(42)43)27(16-29(26)44-6)39(5)14-13-38(3)4/h7,9,11,15-19H,8,10,12-14,33H2,1-6H3,(H,35,36,37). The van der Waals surface area contributed by atoms with E-state index in [2.05, 4.69) is 44.3 Å². The molecule has 44 heavy (non-hydrogen) atoms. The van der Waals surface area contributed by atoms with Gasteiger partial charge in [0, 0.05) is 92.3 Å². The summed E-state index contributed by atoms with van der Waals surface area (Å²) in [6.07, 6.45) is 7.48. The van der Waals surface area contributed by atoms with E-state index in [1.807, 2.05) is 37.9 Å². The van der Waals surface area contributed by atoms with Gasteiger partial charge in [0.25, 0.3) is 5.69 Å². The number of nitrogens with one attached hydrogen (secondary N) is 1. The number of aryl methyl sites for hydroxylation is 2. The van der Waals surface area contributed by atoms with E-state index in [0.29, 0.717) is 29.4 Å². The van der Waals surface area contributed by atoms with Gasteiger partial charge in [-0.25, -0.2) is 9.97 Å². The maximum atomic E-state index is 12.2. The van der Waals surface area contributed by atoms with Gasteiger partial charge in [0.15, 0.2) is 0 Å².